The van der Waals surface area contributed by atoms with Crippen molar-refractivity contribution >= 4 is 11.8 Å². The second-order valence-electron chi connectivity index (χ2n) is 4.79. The molecule has 23 heavy (non-hydrogen) atoms. The lowest BCUT2D eigenvalue weighted by Crippen LogP contribution is -2.24. The van der Waals surface area contributed by atoms with Crippen LogP contribution in [0.4, 0.5) is 10.3 Å². The Morgan fingerprint density at radius 3 is 2.83 bits per heavy atom. The van der Waals surface area contributed by atoms with Gasteiger partial charge in [-0.1, -0.05) is 23.4 Å². The Labute approximate surface area is 131 Å². The predicted octanol–water partition coefficient (Wildman–Crippen LogP) is 2.39. The fraction of sp³-hybridized carbons (Fsp3) is 0.0625. The molecule has 0 fully saturated rings. The van der Waals surface area contributed by atoms with Crippen molar-refractivity contribution in [2.45, 2.75) is 6.54 Å². The van der Waals surface area contributed by atoms with E-state index < -0.39 is 11.7 Å². The van der Waals surface area contributed by atoms with Crippen LogP contribution < -0.4 is 11.1 Å². The third-order valence-corrected chi connectivity index (χ3v) is 3.28. The van der Waals surface area contributed by atoms with E-state index in [4.69, 9.17) is 10.3 Å². The molecule has 2 aromatic heterocycles. The van der Waals surface area contributed by atoms with E-state index in [1.807, 2.05) is 0 Å². The fourth-order valence-corrected chi connectivity index (χ4v) is 2.13. The number of halogens is 1. The first-order valence-electron chi connectivity index (χ1n) is 6.84. The van der Waals surface area contributed by atoms with Crippen LogP contribution in [0.15, 0.2) is 53.3 Å². The van der Waals surface area contributed by atoms with Crippen LogP contribution in [0.3, 0.4) is 0 Å². The Hall–Kier alpha value is -3.22. The van der Waals surface area contributed by atoms with Crippen LogP contribution in [0, 0.1) is 5.82 Å². The van der Waals surface area contributed by atoms with Crippen LogP contribution in [-0.4, -0.2) is 16.0 Å². The second-order valence-corrected chi connectivity index (χ2v) is 4.79. The summed E-state index contributed by atoms with van der Waals surface area (Å²) in [5.41, 5.74) is 7.07. The maximum atomic E-state index is 13.6. The zero-order chi connectivity index (χ0) is 16.2. The number of hydrogen-bond acceptors (Lipinski definition) is 5. The van der Waals surface area contributed by atoms with E-state index in [-0.39, 0.29) is 18.0 Å². The smallest absolute Gasteiger partial charge is 0.259 e. The minimum atomic E-state index is -0.495. The molecule has 3 N–H and O–H groups in total. The molecule has 0 radical (unpaired) electrons. The summed E-state index contributed by atoms with van der Waals surface area (Å²) in [4.78, 5) is 16.3. The van der Waals surface area contributed by atoms with Crippen LogP contribution in [-0.2, 0) is 6.54 Å². The Bertz CT molecular complexity index is 833. The zero-order valence-electron chi connectivity index (χ0n) is 12.0. The quantitative estimate of drug-likeness (QED) is 0.771. The monoisotopic (exact) mass is 312 g/mol. The standard InChI is InChI=1S/C16H13FN4O2/c17-12-6-2-1-4-10(12)9-20-16(22)13-14(21-23-15(13)18)11-5-3-7-19-8-11/h1-8H,9,18H2,(H,20,22). The van der Waals surface area contributed by atoms with Gasteiger partial charge in [0.05, 0.1) is 0 Å². The maximum absolute atomic E-state index is 13.6. The molecule has 116 valence electrons. The molecule has 2 heterocycles. The molecule has 0 spiro atoms. The number of nitrogens with two attached hydrogens (primary N) is 1. The summed E-state index contributed by atoms with van der Waals surface area (Å²) in [7, 11) is 0. The van der Waals surface area contributed by atoms with Gasteiger partial charge >= 0.3 is 0 Å². The van der Waals surface area contributed by atoms with Crippen LogP contribution in [0.1, 0.15) is 15.9 Å². The van der Waals surface area contributed by atoms with Gasteiger partial charge in [0.15, 0.2) is 0 Å². The van der Waals surface area contributed by atoms with E-state index in [0.717, 1.165) is 0 Å². The number of anilines is 1. The molecule has 3 aromatic rings. The Morgan fingerprint density at radius 2 is 2.09 bits per heavy atom. The van der Waals surface area contributed by atoms with Gasteiger partial charge in [0.2, 0.25) is 5.88 Å². The van der Waals surface area contributed by atoms with E-state index in [0.29, 0.717) is 16.8 Å². The van der Waals surface area contributed by atoms with Crippen molar-refractivity contribution < 1.29 is 13.7 Å². The highest BCUT2D eigenvalue weighted by molar-refractivity contribution is 6.03. The molecule has 0 saturated heterocycles. The van der Waals surface area contributed by atoms with Gasteiger partial charge in [0, 0.05) is 30.1 Å². The minimum Gasteiger partial charge on any atom is -0.367 e. The lowest BCUT2D eigenvalue weighted by Gasteiger charge is -2.06. The number of carbonyl (C=O) groups excluding carboxylic acids is 1. The van der Waals surface area contributed by atoms with Gasteiger partial charge < -0.3 is 15.6 Å². The first kappa shape index (κ1) is 14.7. The first-order valence-corrected chi connectivity index (χ1v) is 6.84. The SMILES string of the molecule is Nc1onc(-c2cccnc2)c1C(=O)NCc1ccccc1F. The van der Waals surface area contributed by atoms with Crippen LogP contribution >= 0.6 is 0 Å². The van der Waals surface area contributed by atoms with Crippen LogP contribution in [0.2, 0.25) is 0 Å². The van der Waals surface area contributed by atoms with Crippen LogP contribution in [0.5, 0.6) is 0 Å². The van der Waals surface area contributed by atoms with E-state index in [1.54, 1.807) is 42.7 Å². The topological polar surface area (TPSA) is 94.0 Å². The van der Waals surface area contributed by atoms with Gasteiger partial charge in [0.1, 0.15) is 17.1 Å². The van der Waals surface area contributed by atoms with Gasteiger partial charge in [-0.05, 0) is 18.2 Å². The molecule has 0 aliphatic carbocycles. The third kappa shape index (κ3) is 3.03. The fourth-order valence-electron chi connectivity index (χ4n) is 2.13. The van der Waals surface area contributed by atoms with Crippen molar-refractivity contribution in [3.63, 3.8) is 0 Å². The highest BCUT2D eigenvalue weighted by atomic mass is 19.1. The van der Waals surface area contributed by atoms with Crippen molar-refractivity contribution in [2.24, 2.45) is 0 Å². The molecule has 7 heteroatoms. The molecule has 0 saturated carbocycles. The van der Waals surface area contributed by atoms with Crippen molar-refractivity contribution in [3.8, 4) is 11.3 Å². The summed E-state index contributed by atoms with van der Waals surface area (Å²) >= 11 is 0. The van der Waals surface area contributed by atoms with Gasteiger partial charge in [-0.25, -0.2) is 4.39 Å². The summed E-state index contributed by atoms with van der Waals surface area (Å²) in [5.74, 6) is -0.987. The first-order chi connectivity index (χ1) is 11.2. The second kappa shape index (κ2) is 6.27. The molecular formula is C16H13FN4O2. The van der Waals surface area contributed by atoms with Crippen molar-refractivity contribution in [1.82, 2.24) is 15.5 Å². The number of amides is 1. The highest BCUT2D eigenvalue weighted by Gasteiger charge is 2.22. The van der Waals surface area contributed by atoms with E-state index in [9.17, 15) is 9.18 Å². The number of aromatic nitrogens is 2. The molecule has 0 unspecified atom stereocenters. The molecule has 1 aromatic carbocycles. The Balaban J connectivity index is 1.83. The average Bonchev–Trinajstić information content (AvgIpc) is 2.96. The summed E-state index contributed by atoms with van der Waals surface area (Å²) < 4.78 is 18.5. The zero-order valence-corrected chi connectivity index (χ0v) is 12.0. The minimum absolute atomic E-state index is 0.0304. The molecular weight excluding hydrogens is 299 g/mol. The number of nitrogen functional groups attached to an aromatic ring is 1. The van der Waals surface area contributed by atoms with E-state index >= 15 is 0 Å². The number of nitrogens with zero attached hydrogens (tertiary/aromatic N) is 2. The lowest BCUT2D eigenvalue weighted by molar-refractivity contribution is 0.0951. The van der Waals surface area contributed by atoms with Crippen LogP contribution in [0.25, 0.3) is 11.3 Å². The normalized spacial score (nSPS) is 10.5. The van der Waals surface area contributed by atoms with Gasteiger partial charge in [-0.2, -0.15) is 0 Å². The molecule has 3 rings (SSSR count). The number of carbonyl (C=O) groups is 1. The van der Waals surface area contributed by atoms with Crippen molar-refractivity contribution in [2.75, 3.05) is 5.73 Å². The molecule has 0 atom stereocenters. The number of hydrogen-bond donors (Lipinski definition) is 2. The van der Waals surface area contributed by atoms with Gasteiger partial charge in [-0.15, -0.1) is 0 Å². The molecule has 0 aliphatic rings. The Kier molecular flexibility index (Phi) is 4.01. The van der Waals surface area contributed by atoms with E-state index in [1.165, 1.54) is 6.07 Å². The number of nitrogens with one attached hydrogen (secondary N) is 1. The van der Waals surface area contributed by atoms with E-state index in [2.05, 4.69) is 15.5 Å². The number of benzene rings is 1. The van der Waals surface area contributed by atoms with Crippen molar-refractivity contribution in [3.05, 3.63) is 65.7 Å². The average molecular weight is 312 g/mol. The third-order valence-electron chi connectivity index (χ3n) is 3.28. The number of rotatable bonds is 4. The molecule has 1 amide bonds. The largest absolute Gasteiger partial charge is 0.367 e. The highest BCUT2D eigenvalue weighted by Crippen LogP contribution is 2.26. The van der Waals surface area contributed by atoms with Gasteiger partial charge in [-0.3, -0.25) is 9.78 Å². The summed E-state index contributed by atoms with van der Waals surface area (Å²) in [6.45, 7) is 0.0304. The summed E-state index contributed by atoms with van der Waals surface area (Å²) in [6, 6.07) is 9.64. The Morgan fingerprint density at radius 1 is 1.26 bits per heavy atom. The predicted molar refractivity (Wildman–Crippen MR) is 81.7 cm³/mol. The number of pyridine rings is 1. The molecule has 6 nitrogen and oxygen atoms in total. The molecule has 0 aliphatic heterocycles. The lowest BCUT2D eigenvalue weighted by atomic mass is 10.1. The molecule has 0 bridgehead atoms. The maximum Gasteiger partial charge on any atom is 0.259 e. The summed E-state index contributed by atoms with van der Waals surface area (Å²) in [6.07, 6.45) is 3.15. The van der Waals surface area contributed by atoms with Gasteiger partial charge in [0.25, 0.3) is 5.91 Å². The van der Waals surface area contributed by atoms with Crippen molar-refractivity contribution in [1.29, 1.82) is 0 Å². The summed E-state index contributed by atoms with van der Waals surface area (Å²) in [5, 5.41) is 6.42.